The van der Waals surface area contributed by atoms with Crippen molar-refractivity contribution in [1.82, 2.24) is 9.72 Å². The van der Waals surface area contributed by atoms with Crippen LogP contribution in [0.15, 0.2) is 46.6 Å². The Morgan fingerprint density at radius 3 is 2.91 bits per heavy atom. The highest BCUT2D eigenvalue weighted by molar-refractivity contribution is 6.10. The molecule has 3 rings (SSSR count). The molecule has 0 radical (unpaired) electrons. The Morgan fingerprint density at radius 1 is 1.43 bits per heavy atom. The summed E-state index contributed by atoms with van der Waals surface area (Å²) in [4.78, 5) is 12.2. The largest absolute Gasteiger partial charge is 0.360 e. The van der Waals surface area contributed by atoms with Gasteiger partial charge < -0.3 is 14.4 Å². The van der Waals surface area contributed by atoms with Crippen molar-refractivity contribution in [2.24, 2.45) is 7.05 Å². The van der Waals surface area contributed by atoms with Gasteiger partial charge >= 0.3 is 0 Å². The summed E-state index contributed by atoms with van der Waals surface area (Å²) in [5.41, 5.74) is 1.84. The molecule has 0 atom stereocenters. The molecule has 1 N–H and O–H groups in total. The van der Waals surface area contributed by atoms with Crippen LogP contribution in [0.5, 0.6) is 0 Å². The van der Waals surface area contributed by atoms with Gasteiger partial charge in [0.15, 0.2) is 5.82 Å². The highest BCUT2D eigenvalue weighted by Gasteiger charge is 2.13. The Labute approximate surface area is 132 Å². The van der Waals surface area contributed by atoms with E-state index in [-0.39, 0.29) is 11.4 Å². The van der Waals surface area contributed by atoms with Crippen LogP contribution in [0.3, 0.4) is 0 Å². The minimum atomic E-state index is -0.520. The molecule has 2 heterocycles. The topological polar surface area (TPSA) is 83.9 Å². The van der Waals surface area contributed by atoms with Crippen molar-refractivity contribution in [2.45, 2.75) is 6.92 Å². The number of anilines is 1. The fraction of sp³-hybridized carbons (Fsp3) is 0.118. The number of carbonyl (C=O) groups excluding carboxylic acids is 1. The van der Waals surface area contributed by atoms with E-state index < -0.39 is 5.91 Å². The quantitative estimate of drug-likeness (QED) is 0.595. The van der Waals surface area contributed by atoms with Gasteiger partial charge in [-0.25, -0.2) is 0 Å². The number of hydrogen-bond donors (Lipinski definition) is 1. The first-order valence-corrected chi connectivity index (χ1v) is 6.99. The number of nitrogens with zero attached hydrogens (tertiary/aromatic N) is 3. The number of hydrogen-bond acceptors (Lipinski definition) is 4. The molecule has 1 amide bonds. The van der Waals surface area contributed by atoms with Crippen LogP contribution in [0.25, 0.3) is 17.0 Å². The zero-order valence-corrected chi connectivity index (χ0v) is 12.7. The maximum atomic E-state index is 12.2. The van der Waals surface area contributed by atoms with Gasteiger partial charge in [-0.3, -0.25) is 4.79 Å². The molecule has 23 heavy (non-hydrogen) atoms. The smallest absolute Gasteiger partial charge is 0.267 e. The van der Waals surface area contributed by atoms with E-state index in [1.807, 2.05) is 48.1 Å². The van der Waals surface area contributed by atoms with E-state index in [0.29, 0.717) is 5.76 Å². The molecule has 0 spiro atoms. The summed E-state index contributed by atoms with van der Waals surface area (Å²) in [7, 11) is 1.92. The van der Waals surface area contributed by atoms with Gasteiger partial charge in [0.05, 0.1) is 0 Å². The van der Waals surface area contributed by atoms with Gasteiger partial charge in [0, 0.05) is 35.8 Å². The number of benzene rings is 1. The maximum absolute atomic E-state index is 12.2. The molecule has 1 aromatic carbocycles. The second-order valence-corrected chi connectivity index (χ2v) is 5.16. The fourth-order valence-electron chi connectivity index (χ4n) is 2.40. The third-order valence-corrected chi connectivity index (χ3v) is 3.46. The number of aryl methyl sites for hydroxylation is 2. The Bertz CT molecular complexity index is 957. The minimum absolute atomic E-state index is 0.00186. The van der Waals surface area contributed by atoms with E-state index in [4.69, 9.17) is 4.52 Å². The summed E-state index contributed by atoms with van der Waals surface area (Å²) in [6.45, 7) is 1.72. The van der Waals surface area contributed by atoms with Crippen molar-refractivity contribution < 1.29 is 9.32 Å². The number of para-hydroxylation sites is 1. The molecule has 6 nitrogen and oxygen atoms in total. The summed E-state index contributed by atoms with van der Waals surface area (Å²) in [6, 6.07) is 11.3. The van der Waals surface area contributed by atoms with Crippen LogP contribution in [0.2, 0.25) is 0 Å². The maximum Gasteiger partial charge on any atom is 0.267 e. The molecule has 0 saturated heterocycles. The molecule has 0 aliphatic carbocycles. The van der Waals surface area contributed by atoms with E-state index in [0.717, 1.165) is 16.5 Å². The summed E-state index contributed by atoms with van der Waals surface area (Å²) < 4.78 is 6.84. The van der Waals surface area contributed by atoms with Crippen molar-refractivity contribution >= 4 is 28.7 Å². The van der Waals surface area contributed by atoms with E-state index >= 15 is 0 Å². The van der Waals surface area contributed by atoms with Crippen molar-refractivity contribution in [1.29, 1.82) is 5.26 Å². The van der Waals surface area contributed by atoms with Gasteiger partial charge in [-0.2, -0.15) is 5.26 Å². The molecule has 114 valence electrons. The van der Waals surface area contributed by atoms with Crippen molar-refractivity contribution in [3.63, 3.8) is 0 Å². The summed E-state index contributed by atoms with van der Waals surface area (Å²) in [5, 5.41) is 16.5. The molecule has 0 bridgehead atoms. The van der Waals surface area contributed by atoms with E-state index in [1.54, 1.807) is 19.1 Å². The summed E-state index contributed by atoms with van der Waals surface area (Å²) in [5.74, 6) is 0.345. The average molecular weight is 306 g/mol. The Kier molecular flexibility index (Phi) is 3.69. The first-order valence-electron chi connectivity index (χ1n) is 6.99. The number of nitriles is 1. The zero-order valence-electron chi connectivity index (χ0n) is 12.7. The van der Waals surface area contributed by atoms with Gasteiger partial charge in [-0.1, -0.05) is 23.4 Å². The molecule has 3 aromatic rings. The standard InChI is InChI=1S/C17H14N4O2/c1-11-7-16(20-23-11)19-17(22)12(9-18)8-13-10-21(2)15-6-4-3-5-14(13)15/h3-8,10H,1-2H3,(H,19,20,22). The van der Waals surface area contributed by atoms with Crippen LogP contribution in [-0.2, 0) is 11.8 Å². The van der Waals surface area contributed by atoms with Crippen molar-refractivity contribution in [3.05, 3.63) is 53.4 Å². The molecule has 0 fully saturated rings. The lowest BCUT2D eigenvalue weighted by Gasteiger charge is -1.99. The summed E-state index contributed by atoms with van der Waals surface area (Å²) >= 11 is 0. The fourth-order valence-corrected chi connectivity index (χ4v) is 2.40. The van der Waals surface area contributed by atoms with Crippen LogP contribution in [0, 0.1) is 18.3 Å². The molecule has 2 aromatic heterocycles. The molecule has 0 unspecified atom stereocenters. The molecule has 0 aliphatic heterocycles. The highest BCUT2D eigenvalue weighted by atomic mass is 16.5. The second-order valence-electron chi connectivity index (χ2n) is 5.16. The highest BCUT2D eigenvalue weighted by Crippen LogP contribution is 2.22. The lowest BCUT2D eigenvalue weighted by molar-refractivity contribution is -0.112. The van der Waals surface area contributed by atoms with Gasteiger partial charge in [0.2, 0.25) is 0 Å². The van der Waals surface area contributed by atoms with E-state index in [1.165, 1.54) is 0 Å². The average Bonchev–Trinajstić information content (AvgIpc) is 3.09. The van der Waals surface area contributed by atoms with Crippen molar-refractivity contribution in [2.75, 3.05) is 5.32 Å². The van der Waals surface area contributed by atoms with Gasteiger partial charge in [0.25, 0.3) is 5.91 Å². The normalized spacial score (nSPS) is 11.4. The zero-order chi connectivity index (χ0) is 16.4. The predicted octanol–water partition coefficient (Wildman–Crippen LogP) is 3.02. The third kappa shape index (κ3) is 2.85. The first kappa shape index (κ1) is 14.6. The number of fused-ring (bicyclic) bond motifs is 1. The van der Waals surface area contributed by atoms with Gasteiger partial charge in [-0.15, -0.1) is 0 Å². The molecule has 0 saturated carbocycles. The van der Waals surface area contributed by atoms with Gasteiger partial charge in [0.1, 0.15) is 17.4 Å². The number of nitrogens with one attached hydrogen (secondary N) is 1. The second kappa shape index (κ2) is 5.81. The molecular weight excluding hydrogens is 292 g/mol. The van der Waals surface area contributed by atoms with Crippen LogP contribution in [-0.4, -0.2) is 15.6 Å². The molecular formula is C17H14N4O2. The van der Waals surface area contributed by atoms with Crippen LogP contribution in [0.4, 0.5) is 5.82 Å². The number of aromatic nitrogens is 2. The monoisotopic (exact) mass is 306 g/mol. The SMILES string of the molecule is Cc1cc(NC(=O)C(C#N)=Cc2cn(C)c3ccccc23)no1. The number of carbonyl (C=O) groups is 1. The minimum Gasteiger partial charge on any atom is -0.360 e. The van der Waals surface area contributed by atoms with Crippen LogP contribution < -0.4 is 5.32 Å². The third-order valence-electron chi connectivity index (χ3n) is 3.46. The van der Waals surface area contributed by atoms with Crippen LogP contribution in [0.1, 0.15) is 11.3 Å². The Balaban J connectivity index is 1.94. The van der Waals surface area contributed by atoms with E-state index in [9.17, 15) is 10.1 Å². The lowest BCUT2D eigenvalue weighted by atomic mass is 10.1. The molecule has 0 aliphatic rings. The van der Waals surface area contributed by atoms with E-state index in [2.05, 4.69) is 10.5 Å². The number of amides is 1. The number of rotatable bonds is 3. The summed E-state index contributed by atoms with van der Waals surface area (Å²) in [6.07, 6.45) is 3.46. The predicted molar refractivity (Wildman–Crippen MR) is 86.4 cm³/mol. The van der Waals surface area contributed by atoms with Crippen molar-refractivity contribution in [3.8, 4) is 6.07 Å². The lowest BCUT2D eigenvalue weighted by Crippen LogP contribution is -2.13. The molecule has 6 heteroatoms. The Hall–Kier alpha value is -3.33. The first-order chi connectivity index (χ1) is 11.1. The van der Waals surface area contributed by atoms with Gasteiger partial charge in [-0.05, 0) is 19.1 Å². The Morgan fingerprint density at radius 2 is 2.22 bits per heavy atom. The van der Waals surface area contributed by atoms with Crippen LogP contribution >= 0.6 is 0 Å².